The fourth-order valence-corrected chi connectivity index (χ4v) is 9.47. The average molecular weight is 547 g/mol. The van der Waals surface area contributed by atoms with E-state index in [1.54, 1.807) is 5.57 Å². The molecule has 4 unspecified atom stereocenters. The average Bonchev–Trinajstić information content (AvgIpc) is 3.25. The number of fused-ring (bicyclic) bond motifs is 5. The highest BCUT2D eigenvalue weighted by Gasteiger charge is 2.59. The topological polar surface area (TPSA) is 54.0 Å². The van der Waals surface area contributed by atoms with Crippen molar-refractivity contribution in [3.63, 3.8) is 0 Å². The Morgan fingerprint density at radius 1 is 0.949 bits per heavy atom. The van der Waals surface area contributed by atoms with Gasteiger partial charge in [0.1, 0.15) is 12.7 Å². The maximum absolute atomic E-state index is 12.3. The van der Waals surface area contributed by atoms with Crippen molar-refractivity contribution in [1.82, 2.24) is 0 Å². The fraction of sp³-hybridized carbons (Fsp3) is 0.912. The standard InChI is InChI=1S/C34H58O5/c1-7-36-19-20-37-21-22-38-32(35)39-27-15-17-33(5)26(23-27)11-12-28-30-14-13-29(25(4)10-8-9-24(2)3)34(30,6)18-16-31(28)33/h11,24-25,27-31H,7-10,12-23H2,1-6H3/t25-,27?,28?,29-,30?,31?,33+,34-/m1/s1. The van der Waals surface area contributed by atoms with E-state index in [1.165, 1.54) is 51.4 Å². The number of carbonyl (C=O) groups excluding carboxylic acids is 1. The molecule has 0 heterocycles. The van der Waals surface area contributed by atoms with Gasteiger partial charge in [-0.15, -0.1) is 0 Å². The van der Waals surface area contributed by atoms with Crippen molar-refractivity contribution in [1.29, 1.82) is 0 Å². The third-order valence-corrected chi connectivity index (χ3v) is 11.5. The van der Waals surface area contributed by atoms with Crippen LogP contribution >= 0.6 is 0 Å². The monoisotopic (exact) mass is 546 g/mol. The smallest absolute Gasteiger partial charge is 0.432 e. The number of carbonyl (C=O) groups is 1. The summed E-state index contributed by atoms with van der Waals surface area (Å²) in [5, 5.41) is 0. The number of rotatable bonds is 13. The Balaban J connectivity index is 1.29. The Morgan fingerprint density at radius 2 is 1.72 bits per heavy atom. The van der Waals surface area contributed by atoms with Gasteiger partial charge in [0.2, 0.25) is 0 Å². The molecule has 39 heavy (non-hydrogen) atoms. The minimum absolute atomic E-state index is 0.0661. The van der Waals surface area contributed by atoms with Crippen LogP contribution in [0.3, 0.4) is 0 Å². The normalized spacial score (nSPS) is 36.5. The summed E-state index contributed by atoms with van der Waals surface area (Å²) in [5.41, 5.74) is 2.34. The summed E-state index contributed by atoms with van der Waals surface area (Å²) >= 11 is 0. The number of ether oxygens (including phenoxy) is 4. The minimum atomic E-state index is -0.556. The Bertz CT molecular complexity index is 822. The lowest BCUT2D eigenvalue weighted by Crippen LogP contribution is -2.51. The summed E-state index contributed by atoms with van der Waals surface area (Å²) in [6, 6.07) is 0. The first kappa shape index (κ1) is 30.9. The molecule has 0 amide bonds. The van der Waals surface area contributed by atoms with Crippen LogP contribution in [0.5, 0.6) is 0 Å². The zero-order chi connectivity index (χ0) is 28.0. The summed E-state index contributed by atoms with van der Waals surface area (Å²) in [7, 11) is 0. The van der Waals surface area contributed by atoms with Gasteiger partial charge < -0.3 is 18.9 Å². The molecule has 3 fully saturated rings. The van der Waals surface area contributed by atoms with Crippen molar-refractivity contribution in [2.75, 3.05) is 33.0 Å². The van der Waals surface area contributed by atoms with E-state index in [2.05, 4.69) is 40.7 Å². The second-order valence-electron chi connectivity index (χ2n) is 14.2. The van der Waals surface area contributed by atoms with Crippen LogP contribution in [0.4, 0.5) is 4.79 Å². The third kappa shape index (κ3) is 7.05. The van der Waals surface area contributed by atoms with Crippen molar-refractivity contribution in [2.45, 2.75) is 118 Å². The van der Waals surface area contributed by atoms with E-state index >= 15 is 0 Å². The van der Waals surface area contributed by atoms with Crippen LogP contribution in [0, 0.1) is 46.3 Å². The molecule has 5 heteroatoms. The van der Waals surface area contributed by atoms with Crippen LogP contribution in [0.1, 0.15) is 112 Å². The maximum atomic E-state index is 12.3. The molecule has 5 nitrogen and oxygen atoms in total. The predicted octanol–water partition coefficient (Wildman–Crippen LogP) is 8.60. The van der Waals surface area contributed by atoms with Gasteiger partial charge in [0, 0.05) is 13.0 Å². The van der Waals surface area contributed by atoms with Crippen LogP contribution in [0.15, 0.2) is 11.6 Å². The zero-order valence-electron chi connectivity index (χ0n) is 26.0. The molecule has 0 aliphatic heterocycles. The van der Waals surface area contributed by atoms with Gasteiger partial charge in [0.15, 0.2) is 0 Å². The van der Waals surface area contributed by atoms with Crippen LogP contribution in [-0.2, 0) is 18.9 Å². The molecule has 4 aliphatic rings. The Kier molecular flexibility index (Phi) is 10.9. The van der Waals surface area contributed by atoms with Crippen LogP contribution in [0.2, 0.25) is 0 Å². The molecule has 224 valence electrons. The molecular weight excluding hydrogens is 488 g/mol. The van der Waals surface area contributed by atoms with Gasteiger partial charge in [-0.1, -0.05) is 65.5 Å². The molecule has 8 atom stereocenters. The van der Waals surface area contributed by atoms with E-state index in [4.69, 9.17) is 18.9 Å². The highest BCUT2D eigenvalue weighted by atomic mass is 16.7. The van der Waals surface area contributed by atoms with E-state index in [9.17, 15) is 4.79 Å². The van der Waals surface area contributed by atoms with Crippen LogP contribution in [-0.4, -0.2) is 45.3 Å². The number of hydrogen-bond acceptors (Lipinski definition) is 5. The van der Waals surface area contributed by atoms with E-state index in [0.29, 0.717) is 31.8 Å². The molecule has 0 aromatic heterocycles. The van der Waals surface area contributed by atoms with Crippen molar-refractivity contribution >= 4 is 6.16 Å². The summed E-state index contributed by atoms with van der Waals surface area (Å²) in [4.78, 5) is 12.3. The molecule has 0 bridgehead atoms. The SMILES string of the molecule is CCOCCOCCOC(=O)OC1CC[C@@]2(C)C(=CCC3C2CC[C@@]2(C)C3CC[C@@H]2[C@H](C)CCCC(C)C)C1. The van der Waals surface area contributed by atoms with Crippen molar-refractivity contribution < 1.29 is 23.7 Å². The van der Waals surface area contributed by atoms with Crippen molar-refractivity contribution in [3.05, 3.63) is 11.6 Å². The molecule has 0 aromatic carbocycles. The highest BCUT2D eigenvalue weighted by molar-refractivity contribution is 5.60. The second-order valence-corrected chi connectivity index (χ2v) is 14.2. The van der Waals surface area contributed by atoms with Gasteiger partial charge in [0.05, 0.1) is 19.8 Å². The molecule has 0 aromatic rings. The van der Waals surface area contributed by atoms with Gasteiger partial charge in [-0.2, -0.15) is 0 Å². The summed E-state index contributed by atoms with van der Waals surface area (Å²) < 4.78 is 21.7. The maximum Gasteiger partial charge on any atom is 0.508 e. The molecule has 4 rings (SSSR count). The Hall–Kier alpha value is -1.07. The molecule has 0 N–H and O–H groups in total. The second kappa shape index (κ2) is 13.7. The van der Waals surface area contributed by atoms with Gasteiger partial charge in [0.25, 0.3) is 0 Å². The van der Waals surface area contributed by atoms with Gasteiger partial charge >= 0.3 is 6.16 Å². The molecule has 0 saturated heterocycles. The first-order chi connectivity index (χ1) is 18.7. The van der Waals surface area contributed by atoms with Gasteiger partial charge in [-0.3, -0.25) is 0 Å². The zero-order valence-corrected chi connectivity index (χ0v) is 26.0. The quantitative estimate of drug-likeness (QED) is 0.131. The molecule has 4 aliphatic carbocycles. The largest absolute Gasteiger partial charge is 0.508 e. The molecule has 0 spiro atoms. The minimum Gasteiger partial charge on any atom is -0.432 e. The molecule has 0 radical (unpaired) electrons. The number of hydrogen-bond donors (Lipinski definition) is 0. The lowest BCUT2D eigenvalue weighted by molar-refractivity contribution is -0.0627. The van der Waals surface area contributed by atoms with E-state index in [1.807, 2.05) is 6.92 Å². The summed E-state index contributed by atoms with van der Waals surface area (Å²) in [5.74, 6) is 5.07. The Morgan fingerprint density at radius 3 is 2.49 bits per heavy atom. The molecule has 3 saturated carbocycles. The van der Waals surface area contributed by atoms with Crippen LogP contribution in [0.25, 0.3) is 0 Å². The summed E-state index contributed by atoms with van der Waals surface area (Å²) in [6.45, 7) is 16.8. The summed E-state index contributed by atoms with van der Waals surface area (Å²) in [6.07, 6.45) is 15.9. The van der Waals surface area contributed by atoms with Crippen molar-refractivity contribution in [2.24, 2.45) is 46.3 Å². The van der Waals surface area contributed by atoms with Crippen LogP contribution < -0.4 is 0 Å². The highest BCUT2D eigenvalue weighted by Crippen LogP contribution is 2.67. The predicted molar refractivity (Wildman–Crippen MR) is 157 cm³/mol. The van der Waals surface area contributed by atoms with E-state index < -0.39 is 6.16 Å². The van der Waals surface area contributed by atoms with Gasteiger partial charge in [-0.25, -0.2) is 4.79 Å². The lowest BCUT2D eigenvalue weighted by Gasteiger charge is -2.58. The number of allylic oxidation sites excluding steroid dienone is 1. The first-order valence-corrected chi connectivity index (χ1v) is 16.4. The fourth-order valence-electron chi connectivity index (χ4n) is 9.47. The lowest BCUT2D eigenvalue weighted by atomic mass is 9.47. The molecular formula is C34H58O5. The van der Waals surface area contributed by atoms with E-state index in [-0.39, 0.29) is 18.1 Å². The first-order valence-electron chi connectivity index (χ1n) is 16.4. The van der Waals surface area contributed by atoms with Gasteiger partial charge in [-0.05, 0) is 98.2 Å². The van der Waals surface area contributed by atoms with Crippen molar-refractivity contribution in [3.8, 4) is 0 Å². The Labute approximate surface area is 239 Å². The third-order valence-electron chi connectivity index (χ3n) is 11.5. The van der Waals surface area contributed by atoms with E-state index in [0.717, 1.165) is 54.8 Å².